The highest BCUT2D eigenvalue weighted by Crippen LogP contribution is 2.53. The van der Waals surface area contributed by atoms with Crippen LogP contribution in [0.3, 0.4) is 0 Å². The molecule has 2 heterocycles. The minimum Gasteiger partial charge on any atom is -0.480 e. The van der Waals surface area contributed by atoms with Crippen molar-refractivity contribution in [2.75, 3.05) is 0 Å². The zero-order valence-corrected chi connectivity index (χ0v) is 32.1. The Morgan fingerprint density at radius 3 is 1.33 bits per heavy atom. The summed E-state index contributed by atoms with van der Waals surface area (Å²) in [5.74, 6) is -1.08. The van der Waals surface area contributed by atoms with E-state index in [1.54, 1.807) is 0 Å². The highest BCUT2D eigenvalue weighted by molar-refractivity contribution is 5.98. The summed E-state index contributed by atoms with van der Waals surface area (Å²) >= 11 is 0. The Morgan fingerprint density at radius 2 is 1.00 bits per heavy atom. The van der Waals surface area contributed by atoms with Crippen molar-refractivity contribution < 1.29 is 19.8 Å². The van der Waals surface area contributed by atoms with Crippen molar-refractivity contribution in [3.63, 3.8) is 0 Å². The van der Waals surface area contributed by atoms with Crippen LogP contribution in [0.1, 0.15) is 138 Å². The maximum absolute atomic E-state index is 12.6. The molecule has 2 saturated heterocycles. The second-order valence-corrected chi connectivity index (χ2v) is 18.1. The van der Waals surface area contributed by atoms with Crippen LogP contribution < -0.4 is 0 Å². The van der Waals surface area contributed by atoms with Crippen molar-refractivity contribution in [1.29, 1.82) is 0 Å². The highest BCUT2D eigenvalue weighted by atomic mass is 16.4. The zero-order chi connectivity index (χ0) is 36.3. The Kier molecular flexibility index (Phi) is 12.2. The Hall–Kier alpha value is -2.70. The fraction of sp³-hybridized carbons (Fsp3) is 0.674. The maximum atomic E-state index is 12.6. The molecule has 2 fully saturated rings. The van der Waals surface area contributed by atoms with Gasteiger partial charge < -0.3 is 10.2 Å². The molecule has 4 rings (SSSR count). The average Bonchev–Trinajstić information content (AvgIpc) is 3.00. The number of carbonyl (C=O) groups is 2. The summed E-state index contributed by atoms with van der Waals surface area (Å²) in [5.41, 5.74) is 0.811. The quantitative estimate of drug-likeness (QED) is 0.183. The van der Waals surface area contributed by atoms with Crippen LogP contribution in [-0.2, 0) is 22.7 Å². The van der Waals surface area contributed by atoms with Crippen molar-refractivity contribution in [1.82, 2.24) is 9.80 Å². The number of likely N-dealkylation sites (tertiary alicyclic amines) is 2. The van der Waals surface area contributed by atoms with E-state index < -0.39 is 17.4 Å². The lowest BCUT2D eigenvalue weighted by Crippen LogP contribution is -2.63. The van der Waals surface area contributed by atoms with E-state index in [1.807, 2.05) is 6.92 Å². The lowest BCUT2D eigenvalue weighted by molar-refractivity contribution is -0.166. The Bertz CT molecular complexity index is 1250. The van der Waals surface area contributed by atoms with E-state index in [4.69, 9.17) is 0 Å². The molecule has 2 aliphatic rings. The van der Waals surface area contributed by atoms with Crippen molar-refractivity contribution in [2.45, 2.75) is 162 Å². The normalized spacial score (nSPS) is 21.5. The zero-order valence-electron chi connectivity index (χ0n) is 32.1. The minimum atomic E-state index is -1.71. The molecule has 272 valence electrons. The second kappa shape index (κ2) is 15.3. The van der Waals surface area contributed by atoms with Gasteiger partial charge in [0.15, 0.2) is 5.41 Å². The molecule has 49 heavy (non-hydrogen) atoms. The van der Waals surface area contributed by atoms with Gasteiger partial charge >= 0.3 is 11.9 Å². The van der Waals surface area contributed by atoms with E-state index in [-0.39, 0.29) is 35.0 Å². The predicted octanol–water partition coefficient (Wildman–Crippen LogP) is 10.1. The number of rotatable bonds is 15. The summed E-state index contributed by atoms with van der Waals surface area (Å²) in [5, 5.41) is 20.5. The molecule has 0 unspecified atom stereocenters. The molecule has 2 N–H and O–H groups in total. The number of unbranched alkanes of at least 4 members (excludes halogenated alkanes) is 1. The fourth-order valence-corrected chi connectivity index (χ4v) is 10.4. The number of hydrogen-bond acceptors (Lipinski definition) is 4. The molecular weight excluding hydrogens is 608 g/mol. The maximum Gasteiger partial charge on any atom is 0.321 e. The first kappa shape index (κ1) is 39.1. The number of aliphatic carboxylic acids is 2. The van der Waals surface area contributed by atoms with Crippen LogP contribution in [0.25, 0.3) is 0 Å². The summed E-state index contributed by atoms with van der Waals surface area (Å²) in [4.78, 5) is 30.5. The number of nitrogens with zero attached hydrogens (tertiary/aromatic N) is 2. The first-order chi connectivity index (χ1) is 22.8. The van der Waals surface area contributed by atoms with Gasteiger partial charge in [0, 0.05) is 35.2 Å². The molecule has 6 nitrogen and oxygen atoms in total. The third-order valence-corrected chi connectivity index (χ3v) is 12.5. The largest absolute Gasteiger partial charge is 0.480 e. The smallest absolute Gasteiger partial charge is 0.321 e. The average molecular weight is 675 g/mol. The molecule has 0 aromatic heterocycles. The number of carboxylic acid groups (broad SMARTS) is 2. The highest BCUT2D eigenvalue weighted by Gasteiger charge is 2.52. The second-order valence-electron chi connectivity index (χ2n) is 18.1. The van der Waals surface area contributed by atoms with Gasteiger partial charge in [-0.25, -0.2) is 0 Å². The van der Waals surface area contributed by atoms with E-state index in [0.29, 0.717) is 30.6 Å². The lowest BCUT2D eigenvalue weighted by Gasteiger charge is -2.60. The van der Waals surface area contributed by atoms with Crippen LogP contribution in [0, 0.1) is 23.2 Å². The monoisotopic (exact) mass is 675 g/mol. The van der Waals surface area contributed by atoms with Gasteiger partial charge in [-0.3, -0.25) is 19.4 Å². The molecule has 6 heteroatoms. The van der Waals surface area contributed by atoms with Gasteiger partial charge in [-0.2, -0.15) is 0 Å². The van der Waals surface area contributed by atoms with Gasteiger partial charge in [0.25, 0.3) is 0 Å². The summed E-state index contributed by atoms with van der Waals surface area (Å²) in [6, 6.07) is 21.6. The molecule has 2 aliphatic heterocycles. The molecular formula is C43H66N2O4. The minimum absolute atomic E-state index is 0.0352. The Labute approximate surface area is 297 Å². The van der Waals surface area contributed by atoms with Crippen LogP contribution in [-0.4, -0.2) is 54.1 Å². The Morgan fingerprint density at radius 1 is 0.653 bits per heavy atom. The number of piperidine rings is 2. The molecule has 0 bridgehead atoms. The standard InChI is InChI=1S/C43H66N2O4/c1-10-11-24-43(37(46)47,38(48)49)25-18-23-36(34-26-39(2,3)44(40(4,5)27-34)30-32-19-14-12-15-20-32)35-28-41(6,7)45(42(8,9)29-35)31-33-21-16-13-17-22-33/h12-17,19-22,34-36H,10-11,18,23-31H2,1-9H3,(H,46,47)(H,48,49). The fourth-order valence-electron chi connectivity index (χ4n) is 10.4. The lowest BCUT2D eigenvalue weighted by atomic mass is 9.60. The van der Waals surface area contributed by atoms with Crippen molar-refractivity contribution in [3.8, 4) is 0 Å². The van der Waals surface area contributed by atoms with E-state index in [9.17, 15) is 19.8 Å². The molecule has 0 spiro atoms. The summed E-state index contributed by atoms with van der Waals surface area (Å²) in [6.45, 7) is 23.0. The van der Waals surface area contributed by atoms with Gasteiger partial charge in [0.05, 0.1) is 0 Å². The first-order valence-corrected chi connectivity index (χ1v) is 18.9. The van der Waals surface area contributed by atoms with Gasteiger partial charge in [-0.1, -0.05) is 86.8 Å². The number of carboxylic acids is 2. The molecule has 0 amide bonds. The van der Waals surface area contributed by atoms with Crippen LogP contribution in [0.4, 0.5) is 0 Å². The van der Waals surface area contributed by atoms with Crippen molar-refractivity contribution in [2.24, 2.45) is 23.2 Å². The van der Waals surface area contributed by atoms with Crippen LogP contribution >= 0.6 is 0 Å². The van der Waals surface area contributed by atoms with Gasteiger partial charge in [0.1, 0.15) is 0 Å². The number of hydrogen-bond donors (Lipinski definition) is 2. The van der Waals surface area contributed by atoms with E-state index in [0.717, 1.165) is 51.6 Å². The van der Waals surface area contributed by atoms with E-state index in [2.05, 4.69) is 126 Å². The van der Waals surface area contributed by atoms with Crippen molar-refractivity contribution >= 4 is 11.9 Å². The molecule has 0 saturated carbocycles. The summed E-state index contributed by atoms with van der Waals surface area (Å²) in [7, 11) is 0. The van der Waals surface area contributed by atoms with Crippen LogP contribution in [0.15, 0.2) is 60.7 Å². The van der Waals surface area contributed by atoms with Gasteiger partial charge in [-0.15, -0.1) is 0 Å². The topological polar surface area (TPSA) is 81.1 Å². The van der Waals surface area contributed by atoms with E-state index >= 15 is 0 Å². The molecule has 2 aromatic rings. The third kappa shape index (κ3) is 8.97. The summed E-state index contributed by atoms with van der Waals surface area (Å²) in [6.07, 6.45) is 7.51. The van der Waals surface area contributed by atoms with Gasteiger partial charge in [-0.05, 0) is 129 Å². The number of benzene rings is 2. The third-order valence-electron chi connectivity index (χ3n) is 12.5. The molecule has 0 atom stereocenters. The Balaban J connectivity index is 1.66. The molecule has 2 aromatic carbocycles. The predicted molar refractivity (Wildman–Crippen MR) is 200 cm³/mol. The molecule has 0 radical (unpaired) electrons. The van der Waals surface area contributed by atoms with Crippen LogP contribution in [0.2, 0.25) is 0 Å². The summed E-state index contributed by atoms with van der Waals surface area (Å²) < 4.78 is 0. The van der Waals surface area contributed by atoms with Gasteiger partial charge in [0.2, 0.25) is 0 Å². The SMILES string of the molecule is CCCCC(CCCC(C1CC(C)(C)N(Cc2ccccc2)C(C)(C)C1)C1CC(C)(C)N(Cc2ccccc2)C(C)(C)C1)(C(=O)O)C(=O)O. The van der Waals surface area contributed by atoms with Crippen molar-refractivity contribution in [3.05, 3.63) is 71.8 Å². The first-order valence-electron chi connectivity index (χ1n) is 18.9. The molecule has 0 aliphatic carbocycles. The van der Waals surface area contributed by atoms with Crippen LogP contribution in [0.5, 0.6) is 0 Å². The van der Waals surface area contributed by atoms with E-state index in [1.165, 1.54) is 11.1 Å².